The van der Waals surface area contributed by atoms with E-state index in [0.717, 1.165) is 0 Å². The monoisotopic (exact) mass is 315 g/mol. The van der Waals surface area contributed by atoms with Crippen LogP contribution < -0.4 is 5.32 Å². The molecule has 1 heterocycles. The number of ether oxygens (including phenoxy) is 2. The van der Waals surface area contributed by atoms with Gasteiger partial charge in [-0.1, -0.05) is 29.3 Å². The van der Waals surface area contributed by atoms with Crippen LogP contribution in [-0.4, -0.2) is 17.7 Å². The van der Waals surface area contributed by atoms with Crippen LogP contribution in [0.3, 0.4) is 0 Å². The van der Waals surface area contributed by atoms with Crippen molar-refractivity contribution >= 4 is 40.8 Å². The van der Waals surface area contributed by atoms with Gasteiger partial charge < -0.3 is 14.8 Å². The molecule has 1 N–H and O–H groups in total. The number of cyclic esters (lactones) is 2. The van der Waals surface area contributed by atoms with E-state index in [1.165, 1.54) is 20.0 Å². The Labute approximate surface area is 125 Å². The van der Waals surface area contributed by atoms with Crippen LogP contribution in [0.1, 0.15) is 13.8 Å². The SMILES string of the molecule is CC1(C)OC(=O)C(=CNc2cccc(Cl)c2Cl)C(=O)O1. The topological polar surface area (TPSA) is 64.6 Å². The number of carbonyl (C=O) groups excluding carboxylic acids is 2. The lowest BCUT2D eigenvalue weighted by atomic mass is 10.2. The van der Waals surface area contributed by atoms with Gasteiger partial charge in [0.15, 0.2) is 5.57 Å². The standard InChI is InChI=1S/C13H11Cl2NO4/c1-13(2)19-11(17)7(12(18)20-13)6-16-9-5-3-4-8(14)10(9)15/h3-6,16H,1-2H3. The molecule has 2 rings (SSSR count). The maximum atomic E-state index is 11.7. The van der Waals surface area contributed by atoms with Gasteiger partial charge in [0.2, 0.25) is 0 Å². The molecule has 0 aromatic heterocycles. The second-order valence-electron chi connectivity index (χ2n) is 4.48. The summed E-state index contributed by atoms with van der Waals surface area (Å²) < 4.78 is 9.90. The smallest absolute Gasteiger partial charge is 0.350 e. The summed E-state index contributed by atoms with van der Waals surface area (Å²) in [5, 5.41) is 3.36. The van der Waals surface area contributed by atoms with E-state index in [1.807, 2.05) is 0 Å². The molecule has 1 aromatic rings. The van der Waals surface area contributed by atoms with Crippen LogP contribution >= 0.6 is 23.2 Å². The van der Waals surface area contributed by atoms with Crippen molar-refractivity contribution in [1.29, 1.82) is 0 Å². The van der Waals surface area contributed by atoms with Gasteiger partial charge in [0, 0.05) is 20.0 Å². The van der Waals surface area contributed by atoms with Crippen molar-refractivity contribution in [2.24, 2.45) is 0 Å². The lowest BCUT2D eigenvalue weighted by Gasteiger charge is -2.29. The van der Waals surface area contributed by atoms with Gasteiger partial charge in [-0.2, -0.15) is 0 Å². The molecule has 0 aliphatic carbocycles. The largest absolute Gasteiger partial charge is 0.419 e. The summed E-state index contributed by atoms with van der Waals surface area (Å²) in [6, 6.07) is 4.94. The van der Waals surface area contributed by atoms with Crippen molar-refractivity contribution < 1.29 is 19.1 Å². The van der Waals surface area contributed by atoms with Crippen LogP contribution in [0.5, 0.6) is 0 Å². The molecule has 0 bridgehead atoms. The molecule has 0 spiro atoms. The number of benzene rings is 1. The van der Waals surface area contributed by atoms with Crippen LogP contribution in [0.2, 0.25) is 10.0 Å². The molecule has 1 saturated heterocycles. The fraction of sp³-hybridized carbons (Fsp3) is 0.231. The summed E-state index contributed by atoms with van der Waals surface area (Å²) in [5.74, 6) is -2.80. The number of anilines is 1. The van der Waals surface area contributed by atoms with E-state index in [2.05, 4.69) is 5.32 Å². The predicted octanol–water partition coefficient (Wildman–Crippen LogP) is 3.13. The minimum Gasteiger partial charge on any atom is -0.419 e. The van der Waals surface area contributed by atoms with E-state index in [9.17, 15) is 9.59 Å². The van der Waals surface area contributed by atoms with E-state index >= 15 is 0 Å². The van der Waals surface area contributed by atoms with Crippen LogP contribution in [0.4, 0.5) is 5.69 Å². The molecule has 7 heteroatoms. The van der Waals surface area contributed by atoms with Gasteiger partial charge in [-0.05, 0) is 12.1 Å². The van der Waals surface area contributed by atoms with Crippen molar-refractivity contribution in [3.05, 3.63) is 40.0 Å². The van der Waals surface area contributed by atoms with Crippen LogP contribution in [-0.2, 0) is 19.1 Å². The summed E-state index contributed by atoms with van der Waals surface area (Å²) in [4.78, 5) is 23.4. The first-order valence-electron chi connectivity index (χ1n) is 5.67. The molecule has 106 valence electrons. The van der Waals surface area contributed by atoms with Crippen LogP contribution in [0, 0.1) is 0 Å². The average molecular weight is 316 g/mol. The van der Waals surface area contributed by atoms with E-state index < -0.39 is 17.7 Å². The third-order valence-electron chi connectivity index (χ3n) is 2.44. The lowest BCUT2D eigenvalue weighted by Crippen LogP contribution is -2.42. The highest BCUT2D eigenvalue weighted by Gasteiger charge is 2.38. The zero-order valence-electron chi connectivity index (χ0n) is 10.7. The molecule has 1 aliphatic heterocycles. The third kappa shape index (κ3) is 3.05. The van der Waals surface area contributed by atoms with Gasteiger partial charge >= 0.3 is 11.9 Å². The maximum Gasteiger partial charge on any atom is 0.350 e. The zero-order chi connectivity index (χ0) is 14.9. The summed E-state index contributed by atoms with van der Waals surface area (Å²) in [7, 11) is 0. The minimum atomic E-state index is -1.26. The molecule has 0 radical (unpaired) electrons. The molecular formula is C13H11Cl2NO4. The lowest BCUT2D eigenvalue weighted by molar-refractivity contribution is -0.222. The van der Waals surface area contributed by atoms with E-state index in [0.29, 0.717) is 10.7 Å². The average Bonchev–Trinajstić information content (AvgIpc) is 2.31. The summed E-state index contributed by atoms with van der Waals surface area (Å²) >= 11 is 11.8. The van der Waals surface area contributed by atoms with Gasteiger partial charge in [-0.15, -0.1) is 0 Å². The quantitative estimate of drug-likeness (QED) is 0.516. The first-order chi connectivity index (χ1) is 9.30. The molecule has 1 aromatic carbocycles. The van der Waals surface area contributed by atoms with Crippen molar-refractivity contribution in [3.8, 4) is 0 Å². The second kappa shape index (κ2) is 5.34. The van der Waals surface area contributed by atoms with Crippen molar-refractivity contribution in [3.63, 3.8) is 0 Å². The summed E-state index contributed by atoms with van der Waals surface area (Å²) in [6.07, 6.45) is 1.18. The predicted molar refractivity (Wildman–Crippen MR) is 74.4 cm³/mol. The molecule has 1 aliphatic rings. The molecule has 20 heavy (non-hydrogen) atoms. The summed E-state index contributed by atoms with van der Waals surface area (Å²) in [5.41, 5.74) is 0.206. The number of carbonyl (C=O) groups is 2. The Morgan fingerprint density at radius 1 is 1.15 bits per heavy atom. The number of rotatable bonds is 2. The Hall–Kier alpha value is -1.72. The summed E-state index contributed by atoms with van der Waals surface area (Å²) in [6.45, 7) is 2.95. The second-order valence-corrected chi connectivity index (χ2v) is 5.27. The molecule has 1 fully saturated rings. The van der Waals surface area contributed by atoms with Crippen LogP contribution in [0.15, 0.2) is 30.0 Å². The van der Waals surface area contributed by atoms with Gasteiger partial charge in [0.05, 0.1) is 15.7 Å². The first-order valence-corrected chi connectivity index (χ1v) is 6.43. The normalized spacial score (nSPS) is 17.3. The molecule has 0 unspecified atom stereocenters. The molecule has 5 nitrogen and oxygen atoms in total. The van der Waals surface area contributed by atoms with Crippen LogP contribution in [0.25, 0.3) is 0 Å². The molecule has 0 atom stereocenters. The zero-order valence-corrected chi connectivity index (χ0v) is 12.2. The van der Waals surface area contributed by atoms with Crippen molar-refractivity contribution in [2.75, 3.05) is 5.32 Å². The fourth-order valence-electron chi connectivity index (χ4n) is 1.54. The van der Waals surface area contributed by atoms with E-state index in [4.69, 9.17) is 32.7 Å². The highest BCUT2D eigenvalue weighted by molar-refractivity contribution is 6.43. The molecule has 0 amide bonds. The highest BCUT2D eigenvalue weighted by atomic mass is 35.5. The fourth-order valence-corrected chi connectivity index (χ4v) is 1.90. The van der Waals surface area contributed by atoms with E-state index in [-0.39, 0.29) is 10.6 Å². The number of halogens is 2. The van der Waals surface area contributed by atoms with Gasteiger partial charge in [0.1, 0.15) is 0 Å². The molecule has 0 saturated carbocycles. The van der Waals surface area contributed by atoms with Crippen molar-refractivity contribution in [2.45, 2.75) is 19.6 Å². The Balaban J connectivity index is 2.22. The number of hydrogen-bond donors (Lipinski definition) is 1. The number of nitrogens with one attached hydrogen (secondary N) is 1. The maximum absolute atomic E-state index is 11.7. The van der Waals surface area contributed by atoms with Gasteiger partial charge in [-0.25, -0.2) is 9.59 Å². The Morgan fingerprint density at radius 2 is 1.75 bits per heavy atom. The Kier molecular flexibility index (Phi) is 3.92. The number of hydrogen-bond acceptors (Lipinski definition) is 5. The van der Waals surface area contributed by atoms with E-state index in [1.54, 1.807) is 18.2 Å². The first kappa shape index (κ1) is 14.7. The number of esters is 2. The molecular weight excluding hydrogens is 305 g/mol. The van der Waals surface area contributed by atoms with Gasteiger partial charge in [-0.3, -0.25) is 0 Å². The Bertz CT molecular complexity index is 588. The Morgan fingerprint density at radius 3 is 2.35 bits per heavy atom. The highest BCUT2D eigenvalue weighted by Crippen LogP contribution is 2.30. The van der Waals surface area contributed by atoms with Crippen molar-refractivity contribution in [1.82, 2.24) is 0 Å². The van der Waals surface area contributed by atoms with Gasteiger partial charge in [0.25, 0.3) is 5.79 Å². The third-order valence-corrected chi connectivity index (χ3v) is 3.26. The minimum absolute atomic E-state index is 0.250.